The van der Waals surface area contributed by atoms with Crippen molar-refractivity contribution in [3.63, 3.8) is 0 Å². The number of halogens is 2. The third-order valence-electron chi connectivity index (χ3n) is 2.30. The summed E-state index contributed by atoms with van der Waals surface area (Å²) in [4.78, 5) is 0. The van der Waals surface area contributed by atoms with Gasteiger partial charge in [-0.3, -0.25) is 0 Å². The molecule has 1 aromatic rings. The predicted octanol–water partition coefficient (Wildman–Crippen LogP) is 2.98. The van der Waals surface area contributed by atoms with Crippen LogP contribution >= 0.6 is 11.8 Å². The second-order valence-electron chi connectivity index (χ2n) is 3.29. The van der Waals surface area contributed by atoms with E-state index in [1.54, 1.807) is 18.8 Å². The molecule has 0 aromatic heterocycles. The van der Waals surface area contributed by atoms with Crippen LogP contribution in [0.1, 0.15) is 18.0 Å². The topological polar surface area (TPSA) is 12.0 Å². The summed E-state index contributed by atoms with van der Waals surface area (Å²) < 4.78 is 26.1. The van der Waals surface area contributed by atoms with Crippen LogP contribution in [-0.2, 0) is 0 Å². The first-order chi connectivity index (χ1) is 7.19. The van der Waals surface area contributed by atoms with Gasteiger partial charge in [-0.2, -0.15) is 11.8 Å². The Labute approximate surface area is 93.3 Å². The molecule has 1 unspecified atom stereocenters. The standard InChI is InChI=1S/C11H15F2NS/c1-14-11(5-6-15-2)9-4-3-8(12)7-10(9)13/h3-4,7,11,14H,5-6H2,1-2H3. The molecule has 1 rings (SSSR count). The van der Waals surface area contributed by atoms with Gasteiger partial charge in [0, 0.05) is 17.7 Å². The van der Waals surface area contributed by atoms with Crippen LogP contribution in [0.25, 0.3) is 0 Å². The Balaban J connectivity index is 2.81. The summed E-state index contributed by atoms with van der Waals surface area (Å²) in [6.45, 7) is 0. The van der Waals surface area contributed by atoms with Gasteiger partial charge in [0.05, 0.1) is 0 Å². The Morgan fingerprint density at radius 1 is 1.40 bits per heavy atom. The van der Waals surface area contributed by atoms with Gasteiger partial charge in [-0.1, -0.05) is 6.07 Å². The molecular formula is C11H15F2NS. The van der Waals surface area contributed by atoms with E-state index in [-0.39, 0.29) is 6.04 Å². The molecule has 0 aliphatic carbocycles. The third-order valence-corrected chi connectivity index (χ3v) is 2.94. The zero-order valence-electron chi connectivity index (χ0n) is 8.89. The lowest BCUT2D eigenvalue weighted by Crippen LogP contribution is -2.18. The highest BCUT2D eigenvalue weighted by Gasteiger charge is 2.13. The van der Waals surface area contributed by atoms with Crippen LogP contribution in [0.4, 0.5) is 8.78 Å². The molecule has 0 spiro atoms. The summed E-state index contributed by atoms with van der Waals surface area (Å²) in [7, 11) is 1.79. The zero-order chi connectivity index (χ0) is 11.3. The number of nitrogens with one attached hydrogen (secondary N) is 1. The second-order valence-corrected chi connectivity index (χ2v) is 4.27. The van der Waals surface area contributed by atoms with Crippen molar-refractivity contribution in [3.8, 4) is 0 Å². The van der Waals surface area contributed by atoms with Crippen LogP contribution in [0.3, 0.4) is 0 Å². The van der Waals surface area contributed by atoms with Gasteiger partial charge in [0.1, 0.15) is 11.6 Å². The molecule has 1 N–H and O–H groups in total. The quantitative estimate of drug-likeness (QED) is 0.836. The van der Waals surface area contributed by atoms with Crippen molar-refractivity contribution >= 4 is 11.8 Å². The van der Waals surface area contributed by atoms with Crippen LogP contribution in [-0.4, -0.2) is 19.1 Å². The first-order valence-corrected chi connectivity index (χ1v) is 6.19. The summed E-state index contributed by atoms with van der Waals surface area (Å²) >= 11 is 1.71. The minimum absolute atomic E-state index is 0.0435. The van der Waals surface area contributed by atoms with E-state index < -0.39 is 11.6 Å². The number of hydrogen-bond acceptors (Lipinski definition) is 2. The maximum Gasteiger partial charge on any atom is 0.130 e. The molecule has 84 valence electrons. The van der Waals surface area contributed by atoms with E-state index in [2.05, 4.69) is 5.32 Å². The van der Waals surface area contributed by atoms with Gasteiger partial charge >= 0.3 is 0 Å². The summed E-state index contributed by atoms with van der Waals surface area (Å²) in [6, 6.07) is 3.69. The molecule has 0 amide bonds. The Bertz CT molecular complexity index is 317. The Hall–Kier alpha value is -0.610. The fourth-order valence-corrected chi connectivity index (χ4v) is 1.95. The molecule has 15 heavy (non-hydrogen) atoms. The van der Waals surface area contributed by atoms with Crippen molar-refractivity contribution in [2.45, 2.75) is 12.5 Å². The van der Waals surface area contributed by atoms with Crippen molar-refractivity contribution in [2.75, 3.05) is 19.1 Å². The summed E-state index contributed by atoms with van der Waals surface area (Å²) in [5.41, 5.74) is 0.535. The molecule has 0 radical (unpaired) electrons. The van der Waals surface area contributed by atoms with Crippen molar-refractivity contribution in [3.05, 3.63) is 35.4 Å². The smallest absolute Gasteiger partial charge is 0.130 e. The number of thioether (sulfide) groups is 1. The molecule has 0 aliphatic heterocycles. The van der Waals surface area contributed by atoms with E-state index in [0.29, 0.717) is 5.56 Å². The van der Waals surface area contributed by atoms with Gasteiger partial charge in [-0.25, -0.2) is 8.78 Å². The Kier molecular flexibility index (Phi) is 5.05. The van der Waals surface area contributed by atoms with Crippen molar-refractivity contribution < 1.29 is 8.78 Å². The molecule has 0 heterocycles. The first kappa shape index (κ1) is 12.5. The van der Waals surface area contributed by atoms with Crippen molar-refractivity contribution in [2.24, 2.45) is 0 Å². The van der Waals surface area contributed by atoms with Crippen molar-refractivity contribution in [1.29, 1.82) is 0 Å². The molecule has 0 bridgehead atoms. The molecule has 1 aromatic carbocycles. The minimum Gasteiger partial charge on any atom is -0.313 e. The molecule has 0 saturated heterocycles. The maximum atomic E-state index is 13.4. The van der Waals surface area contributed by atoms with Crippen LogP contribution in [0.5, 0.6) is 0 Å². The van der Waals surface area contributed by atoms with E-state index in [1.165, 1.54) is 12.1 Å². The van der Waals surface area contributed by atoms with Crippen LogP contribution in [0, 0.1) is 11.6 Å². The molecule has 1 nitrogen and oxygen atoms in total. The lowest BCUT2D eigenvalue weighted by atomic mass is 10.0. The van der Waals surface area contributed by atoms with Gasteiger partial charge in [0.2, 0.25) is 0 Å². The van der Waals surface area contributed by atoms with Crippen LogP contribution < -0.4 is 5.32 Å². The van der Waals surface area contributed by atoms with Crippen LogP contribution in [0.15, 0.2) is 18.2 Å². The monoisotopic (exact) mass is 231 g/mol. The molecule has 0 aliphatic rings. The van der Waals surface area contributed by atoms with Crippen LogP contribution in [0.2, 0.25) is 0 Å². The largest absolute Gasteiger partial charge is 0.313 e. The van der Waals surface area contributed by atoms with E-state index in [1.807, 2.05) is 6.26 Å². The maximum absolute atomic E-state index is 13.4. The average Bonchev–Trinajstić information content (AvgIpc) is 2.21. The van der Waals surface area contributed by atoms with E-state index in [9.17, 15) is 8.78 Å². The highest BCUT2D eigenvalue weighted by molar-refractivity contribution is 7.98. The van der Waals surface area contributed by atoms with Crippen molar-refractivity contribution in [1.82, 2.24) is 5.32 Å². The lowest BCUT2D eigenvalue weighted by molar-refractivity contribution is 0.517. The lowest BCUT2D eigenvalue weighted by Gasteiger charge is -2.16. The highest BCUT2D eigenvalue weighted by atomic mass is 32.2. The molecule has 0 fully saturated rings. The van der Waals surface area contributed by atoms with Gasteiger partial charge in [-0.05, 0) is 31.5 Å². The molecule has 4 heteroatoms. The number of hydrogen-bond donors (Lipinski definition) is 1. The van der Waals surface area contributed by atoms with E-state index in [4.69, 9.17) is 0 Å². The Morgan fingerprint density at radius 2 is 2.13 bits per heavy atom. The Morgan fingerprint density at radius 3 is 2.67 bits per heavy atom. The zero-order valence-corrected chi connectivity index (χ0v) is 9.70. The fraction of sp³-hybridized carbons (Fsp3) is 0.455. The van der Waals surface area contributed by atoms with Gasteiger partial charge in [-0.15, -0.1) is 0 Å². The second kappa shape index (κ2) is 6.08. The normalized spacial score (nSPS) is 12.8. The molecular weight excluding hydrogens is 216 g/mol. The highest BCUT2D eigenvalue weighted by Crippen LogP contribution is 2.21. The van der Waals surface area contributed by atoms with Gasteiger partial charge in [0.15, 0.2) is 0 Å². The molecule has 1 atom stereocenters. The number of rotatable bonds is 5. The third kappa shape index (κ3) is 3.47. The SMILES string of the molecule is CNC(CCSC)c1ccc(F)cc1F. The molecule has 0 saturated carbocycles. The summed E-state index contributed by atoms with van der Waals surface area (Å²) in [5.74, 6) is -0.0612. The minimum atomic E-state index is -0.532. The average molecular weight is 231 g/mol. The van der Waals surface area contributed by atoms with Gasteiger partial charge in [0.25, 0.3) is 0 Å². The fourth-order valence-electron chi connectivity index (χ4n) is 1.48. The van der Waals surface area contributed by atoms with E-state index >= 15 is 0 Å². The summed E-state index contributed by atoms with van der Waals surface area (Å²) in [6.07, 6.45) is 2.84. The first-order valence-electron chi connectivity index (χ1n) is 4.80. The van der Waals surface area contributed by atoms with Gasteiger partial charge < -0.3 is 5.32 Å². The number of benzene rings is 1. The van der Waals surface area contributed by atoms with E-state index in [0.717, 1.165) is 18.2 Å². The predicted molar refractivity (Wildman–Crippen MR) is 61.2 cm³/mol. The summed E-state index contributed by atoms with van der Waals surface area (Å²) in [5, 5.41) is 3.04.